The van der Waals surface area contributed by atoms with Crippen LogP contribution in [0.25, 0.3) is 0 Å². The van der Waals surface area contributed by atoms with Crippen LogP contribution in [0.4, 0.5) is 0 Å². The van der Waals surface area contributed by atoms with E-state index < -0.39 is 0 Å². The fourth-order valence-electron chi connectivity index (χ4n) is 1.52. The van der Waals surface area contributed by atoms with Crippen LogP contribution in [-0.2, 0) is 6.42 Å². The van der Waals surface area contributed by atoms with Gasteiger partial charge in [0.15, 0.2) is 0 Å². The van der Waals surface area contributed by atoms with Gasteiger partial charge in [-0.15, -0.1) is 0 Å². The minimum Gasteiger partial charge on any atom is -0.508 e. The first-order valence-corrected chi connectivity index (χ1v) is 4.81. The highest BCUT2D eigenvalue weighted by molar-refractivity contribution is 6.30. The molecule has 0 atom stereocenters. The zero-order valence-electron chi connectivity index (χ0n) is 7.26. The third-order valence-corrected chi connectivity index (χ3v) is 2.65. The average Bonchev–Trinajstić information content (AvgIpc) is 2.03. The SMILES string of the molecule is Oc1ccc(Cl)cc1CC1CNC1. The first-order valence-electron chi connectivity index (χ1n) is 4.44. The lowest BCUT2D eigenvalue weighted by Gasteiger charge is -2.27. The summed E-state index contributed by atoms with van der Waals surface area (Å²) in [4.78, 5) is 0. The molecule has 1 aromatic rings. The first-order chi connectivity index (χ1) is 6.25. The van der Waals surface area contributed by atoms with Crippen molar-refractivity contribution >= 4 is 11.6 Å². The summed E-state index contributed by atoms with van der Waals surface area (Å²) >= 11 is 5.83. The van der Waals surface area contributed by atoms with Crippen molar-refractivity contribution in [2.75, 3.05) is 13.1 Å². The van der Waals surface area contributed by atoms with Gasteiger partial charge in [0, 0.05) is 5.02 Å². The molecule has 70 valence electrons. The smallest absolute Gasteiger partial charge is 0.118 e. The molecule has 0 amide bonds. The maximum Gasteiger partial charge on any atom is 0.118 e. The molecular formula is C10H12ClNO. The zero-order chi connectivity index (χ0) is 9.26. The molecule has 0 saturated carbocycles. The van der Waals surface area contributed by atoms with Crippen LogP contribution < -0.4 is 5.32 Å². The second kappa shape index (κ2) is 3.56. The molecule has 0 aliphatic carbocycles. The van der Waals surface area contributed by atoms with Crippen molar-refractivity contribution in [2.45, 2.75) is 6.42 Å². The predicted molar refractivity (Wildman–Crippen MR) is 53.2 cm³/mol. The van der Waals surface area contributed by atoms with E-state index in [2.05, 4.69) is 5.32 Å². The Balaban J connectivity index is 2.13. The Morgan fingerprint density at radius 3 is 2.85 bits per heavy atom. The number of phenols is 1. The van der Waals surface area contributed by atoms with E-state index >= 15 is 0 Å². The minimum atomic E-state index is 0.358. The molecule has 0 radical (unpaired) electrons. The van der Waals surface area contributed by atoms with E-state index in [4.69, 9.17) is 11.6 Å². The van der Waals surface area contributed by atoms with Crippen molar-refractivity contribution in [3.05, 3.63) is 28.8 Å². The Hall–Kier alpha value is -0.730. The number of nitrogens with one attached hydrogen (secondary N) is 1. The average molecular weight is 198 g/mol. The van der Waals surface area contributed by atoms with Crippen LogP contribution in [0.15, 0.2) is 18.2 Å². The summed E-state index contributed by atoms with van der Waals surface area (Å²) in [5.41, 5.74) is 0.957. The topological polar surface area (TPSA) is 32.3 Å². The normalized spacial score (nSPS) is 17.0. The summed E-state index contributed by atoms with van der Waals surface area (Å²) in [6.45, 7) is 2.10. The highest BCUT2D eigenvalue weighted by Gasteiger charge is 2.18. The number of aromatic hydroxyl groups is 1. The van der Waals surface area contributed by atoms with Crippen LogP contribution >= 0.6 is 11.6 Å². The van der Waals surface area contributed by atoms with E-state index in [1.807, 2.05) is 6.07 Å². The first kappa shape index (κ1) is 8.85. The van der Waals surface area contributed by atoms with Gasteiger partial charge in [-0.05, 0) is 49.2 Å². The van der Waals surface area contributed by atoms with Crippen LogP contribution in [0.2, 0.25) is 5.02 Å². The van der Waals surface area contributed by atoms with Crippen molar-refractivity contribution < 1.29 is 5.11 Å². The van der Waals surface area contributed by atoms with Gasteiger partial charge in [-0.25, -0.2) is 0 Å². The summed E-state index contributed by atoms with van der Waals surface area (Å²) in [6.07, 6.45) is 0.916. The van der Waals surface area contributed by atoms with Crippen LogP contribution in [0.1, 0.15) is 5.56 Å². The molecule has 1 aromatic carbocycles. The highest BCUT2D eigenvalue weighted by Crippen LogP contribution is 2.25. The van der Waals surface area contributed by atoms with Crippen LogP contribution in [0.3, 0.4) is 0 Å². The zero-order valence-corrected chi connectivity index (χ0v) is 8.01. The van der Waals surface area contributed by atoms with E-state index in [-0.39, 0.29) is 0 Å². The maximum absolute atomic E-state index is 9.52. The molecular weight excluding hydrogens is 186 g/mol. The molecule has 1 aliphatic rings. The third-order valence-electron chi connectivity index (χ3n) is 2.42. The molecule has 0 unspecified atom stereocenters. The monoisotopic (exact) mass is 197 g/mol. The van der Waals surface area contributed by atoms with Crippen molar-refractivity contribution in [1.82, 2.24) is 5.32 Å². The lowest BCUT2D eigenvalue weighted by Crippen LogP contribution is -2.43. The molecule has 1 aliphatic heterocycles. The molecule has 0 aromatic heterocycles. The Bertz CT molecular complexity index is 310. The molecule has 2 N–H and O–H groups in total. The largest absolute Gasteiger partial charge is 0.508 e. The molecule has 13 heavy (non-hydrogen) atoms. The molecule has 0 bridgehead atoms. The summed E-state index contributed by atoms with van der Waals surface area (Å²) in [6, 6.07) is 5.21. The van der Waals surface area contributed by atoms with Gasteiger partial charge in [0.05, 0.1) is 0 Å². The molecule has 0 spiro atoms. The Labute approximate surface area is 82.5 Å². The molecule has 2 nitrogen and oxygen atoms in total. The van der Waals surface area contributed by atoms with E-state index in [0.717, 1.165) is 25.1 Å². The van der Waals surface area contributed by atoms with Gasteiger partial charge in [0.1, 0.15) is 5.75 Å². The number of phenolic OH excluding ortho intramolecular Hbond substituents is 1. The number of hydrogen-bond acceptors (Lipinski definition) is 2. The summed E-state index contributed by atoms with van der Waals surface area (Å²) < 4.78 is 0. The highest BCUT2D eigenvalue weighted by atomic mass is 35.5. The standard InChI is InChI=1S/C10H12ClNO/c11-9-1-2-10(13)8(4-9)3-7-5-12-6-7/h1-2,4,7,12-13H,3,5-6H2. The molecule has 1 fully saturated rings. The van der Waals surface area contributed by atoms with Gasteiger partial charge < -0.3 is 10.4 Å². The predicted octanol–water partition coefficient (Wildman–Crippen LogP) is 1.81. The van der Waals surface area contributed by atoms with Crippen molar-refractivity contribution in [3.8, 4) is 5.75 Å². The number of benzene rings is 1. The summed E-state index contributed by atoms with van der Waals surface area (Å²) in [7, 11) is 0. The van der Waals surface area contributed by atoms with Gasteiger partial charge in [-0.1, -0.05) is 11.6 Å². The van der Waals surface area contributed by atoms with E-state index in [9.17, 15) is 5.11 Å². The molecule has 3 heteroatoms. The lowest BCUT2D eigenvalue weighted by atomic mass is 9.94. The van der Waals surface area contributed by atoms with Crippen molar-refractivity contribution in [2.24, 2.45) is 5.92 Å². The maximum atomic E-state index is 9.52. The molecule has 2 rings (SSSR count). The Morgan fingerprint density at radius 1 is 1.46 bits per heavy atom. The summed E-state index contributed by atoms with van der Waals surface area (Å²) in [5.74, 6) is 1.01. The van der Waals surface area contributed by atoms with Gasteiger partial charge in [-0.3, -0.25) is 0 Å². The van der Waals surface area contributed by atoms with Crippen molar-refractivity contribution in [1.29, 1.82) is 0 Å². The number of rotatable bonds is 2. The van der Waals surface area contributed by atoms with Gasteiger partial charge in [0.25, 0.3) is 0 Å². The minimum absolute atomic E-state index is 0.358. The van der Waals surface area contributed by atoms with Gasteiger partial charge in [-0.2, -0.15) is 0 Å². The fraction of sp³-hybridized carbons (Fsp3) is 0.400. The third kappa shape index (κ3) is 1.95. The Morgan fingerprint density at radius 2 is 2.23 bits per heavy atom. The molecule has 1 heterocycles. The van der Waals surface area contributed by atoms with Gasteiger partial charge >= 0.3 is 0 Å². The summed E-state index contributed by atoms with van der Waals surface area (Å²) in [5, 5.41) is 13.4. The van der Waals surface area contributed by atoms with Gasteiger partial charge in [0.2, 0.25) is 0 Å². The number of halogens is 1. The second-order valence-electron chi connectivity index (χ2n) is 3.50. The fourth-order valence-corrected chi connectivity index (χ4v) is 1.72. The van der Waals surface area contributed by atoms with E-state index in [0.29, 0.717) is 16.7 Å². The lowest BCUT2D eigenvalue weighted by molar-refractivity contribution is 0.341. The van der Waals surface area contributed by atoms with Crippen LogP contribution in [0, 0.1) is 5.92 Å². The Kier molecular flexibility index (Phi) is 2.42. The number of hydrogen-bond donors (Lipinski definition) is 2. The van der Waals surface area contributed by atoms with Crippen LogP contribution in [0.5, 0.6) is 5.75 Å². The molecule has 1 saturated heterocycles. The van der Waals surface area contributed by atoms with E-state index in [1.165, 1.54) is 0 Å². The van der Waals surface area contributed by atoms with E-state index in [1.54, 1.807) is 12.1 Å². The van der Waals surface area contributed by atoms with Crippen molar-refractivity contribution in [3.63, 3.8) is 0 Å². The second-order valence-corrected chi connectivity index (χ2v) is 3.94. The van der Waals surface area contributed by atoms with Crippen LogP contribution in [-0.4, -0.2) is 18.2 Å². The quantitative estimate of drug-likeness (QED) is 0.758.